The van der Waals surface area contributed by atoms with Gasteiger partial charge in [0.2, 0.25) is 0 Å². The van der Waals surface area contributed by atoms with Gasteiger partial charge in [-0.3, -0.25) is 4.90 Å². The maximum absolute atomic E-state index is 11.7. The highest BCUT2D eigenvalue weighted by Gasteiger charge is 2.12. The van der Waals surface area contributed by atoms with Crippen molar-refractivity contribution in [3.8, 4) is 0 Å². The second-order valence-electron chi connectivity index (χ2n) is 6.61. The van der Waals surface area contributed by atoms with Crippen LogP contribution in [0.25, 0.3) is 0 Å². The maximum Gasteiger partial charge on any atom is 0.339 e. The molecule has 5 nitrogen and oxygen atoms in total. The zero-order valence-electron chi connectivity index (χ0n) is 15.4. The molecule has 1 aliphatic rings. The van der Waals surface area contributed by atoms with E-state index < -0.39 is 0 Å². The van der Waals surface area contributed by atoms with Crippen LogP contribution in [-0.2, 0) is 17.8 Å². The minimum atomic E-state index is -0.335. The molecule has 5 heteroatoms. The Bertz CT molecular complexity index is 709. The molecule has 0 unspecified atom stereocenters. The lowest BCUT2D eigenvalue weighted by molar-refractivity contribution is 0.0526. The van der Waals surface area contributed by atoms with Crippen molar-refractivity contribution in [1.82, 2.24) is 9.88 Å². The quantitative estimate of drug-likeness (QED) is 0.766. The topological polar surface area (TPSA) is 54.5 Å². The average molecular weight is 353 g/mol. The third-order valence-electron chi connectivity index (χ3n) is 4.70. The molecule has 1 aromatic heterocycles. The van der Waals surface area contributed by atoms with E-state index in [-0.39, 0.29) is 5.97 Å². The molecule has 0 atom stereocenters. The minimum Gasteiger partial charge on any atom is -0.462 e. The summed E-state index contributed by atoms with van der Waals surface area (Å²) in [4.78, 5) is 18.5. The molecule has 3 rings (SSSR count). The first-order valence-electron chi connectivity index (χ1n) is 9.42. The molecular formula is C21H27N3O2. The summed E-state index contributed by atoms with van der Waals surface area (Å²) in [5.74, 6) is 0.421. The monoisotopic (exact) mass is 353 g/mol. The van der Waals surface area contributed by atoms with Crippen LogP contribution in [0.15, 0.2) is 42.6 Å². The fourth-order valence-electron chi connectivity index (χ4n) is 3.26. The van der Waals surface area contributed by atoms with Crippen LogP contribution in [0.3, 0.4) is 0 Å². The number of ether oxygens (including phenoxy) is 1. The molecule has 138 valence electrons. The number of anilines is 1. The van der Waals surface area contributed by atoms with Crippen LogP contribution in [-0.4, -0.2) is 35.5 Å². The van der Waals surface area contributed by atoms with Crippen LogP contribution in [0.4, 0.5) is 5.82 Å². The van der Waals surface area contributed by atoms with Gasteiger partial charge in [-0.1, -0.05) is 30.7 Å². The first-order chi connectivity index (χ1) is 12.8. The molecule has 0 amide bonds. The Kier molecular flexibility index (Phi) is 6.61. The number of aromatic nitrogens is 1. The maximum atomic E-state index is 11.7. The van der Waals surface area contributed by atoms with Gasteiger partial charge >= 0.3 is 5.97 Å². The van der Waals surface area contributed by atoms with Gasteiger partial charge in [0, 0.05) is 19.3 Å². The van der Waals surface area contributed by atoms with Crippen molar-refractivity contribution in [2.75, 3.05) is 25.0 Å². The molecule has 0 bridgehead atoms. The normalized spacial score (nSPS) is 14.8. The minimum absolute atomic E-state index is 0.335. The summed E-state index contributed by atoms with van der Waals surface area (Å²) in [6.45, 7) is 6.27. The van der Waals surface area contributed by atoms with Gasteiger partial charge in [-0.25, -0.2) is 9.78 Å². The predicted molar refractivity (Wildman–Crippen MR) is 103 cm³/mol. The van der Waals surface area contributed by atoms with Crippen molar-refractivity contribution in [3.05, 3.63) is 59.3 Å². The Morgan fingerprint density at radius 3 is 2.58 bits per heavy atom. The van der Waals surface area contributed by atoms with Crippen molar-refractivity contribution in [1.29, 1.82) is 0 Å². The predicted octanol–water partition coefficient (Wildman–Crippen LogP) is 3.86. The van der Waals surface area contributed by atoms with Gasteiger partial charge in [0.1, 0.15) is 5.82 Å². The number of pyridine rings is 1. The van der Waals surface area contributed by atoms with Crippen molar-refractivity contribution < 1.29 is 9.53 Å². The lowest BCUT2D eigenvalue weighted by atomic mass is 10.0. The zero-order chi connectivity index (χ0) is 18.2. The van der Waals surface area contributed by atoms with Crippen LogP contribution >= 0.6 is 0 Å². The van der Waals surface area contributed by atoms with E-state index in [4.69, 9.17) is 4.74 Å². The van der Waals surface area contributed by atoms with Gasteiger partial charge in [-0.05, 0) is 56.1 Å². The van der Waals surface area contributed by atoms with Gasteiger partial charge in [0.05, 0.1) is 12.2 Å². The summed E-state index contributed by atoms with van der Waals surface area (Å²) >= 11 is 0. The van der Waals surface area contributed by atoms with E-state index in [1.54, 1.807) is 19.2 Å². The van der Waals surface area contributed by atoms with Gasteiger partial charge in [0.15, 0.2) is 0 Å². The summed E-state index contributed by atoms with van der Waals surface area (Å²) in [5, 5.41) is 3.35. The number of rotatable bonds is 7. The van der Waals surface area contributed by atoms with Crippen LogP contribution in [0.5, 0.6) is 0 Å². The molecule has 1 saturated heterocycles. The standard InChI is InChI=1S/C21H27N3O2/c1-2-26-21(25)18-10-11-20(23-15-18)22-14-17-8-4-5-9-19(17)16-24-12-6-3-7-13-24/h4-5,8-11,15H,2-3,6-7,12-14,16H2,1H3,(H,22,23). The van der Waals surface area contributed by atoms with Crippen molar-refractivity contribution in [3.63, 3.8) is 0 Å². The van der Waals surface area contributed by atoms with E-state index in [9.17, 15) is 4.79 Å². The Balaban J connectivity index is 1.60. The number of nitrogens with one attached hydrogen (secondary N) is 1. The highest BCUT2D eigenvalue weighted by molar-refractivity contribution is 5.89. The molecule has 1 N–H and O–H groups in total. The molecule has 1 aromatic carbocycles. The SMILES string of the molecule is CCOC(=O)c1ccc(NCc2ccccc2CN2CCCCC2)nc1. The van der Waals surface area contributed by atoms with Crippen LogP contribution in [0, 0.1) is 0 Å². The summed E-state index contributed by atoms with van der Waals surface area (Å²) in [5.41, 5.74) is 3.13. The number of nitrogens with zero attached hydrogens (tertiary/aromatic N) is 2. The van der Waals surface area contributed by atoms with Crippen molar-refractivity contribution in [2.24, 2.45) is 0 Å². The van der Waals surface area contributed by atoms with Crippen LogP contribution in [0.1, 0.15) is 47.7 Å². The molecule has 26 heavy (non-hydrogen) atoms. The molecular weight excluding hydrogens is 326 g/mol. The van der Waals surface area contributed by atoms with Crippen LogP contribution in [0.2, 0.25) is 0 Å². The number of hydrogen-bond donors (Lipinski definition) is 1. The summed E-state index contributed by atoms with van der Waals surface area (Å²) in [6, 6.07) is 12.1. The van der Waals surface area contributed by atoms with Gasteiger partial charge in [-0.15, -0.1) is 0 Å². The molecule has 0 aliphatic carbocycles. The Morgan fingerprint density at radius 2 is 1.88 bits per heavy atom. The largest absolute Gasteiger partial charge is 0.462 e. The zero-order valence-corrected chi connectivity index (χ0v) is 15.4. The molecule has 2 heterocycles. The lowest BCUT2D eigenvalue weighted by Crippen LogP contribution is -2.29. The van der Waals surface area contributed by atoms with Crippen molar-refractivity contribution in [2.45, 2.75) is 39.3 Å². The third kappa shape index (κ3) is 5.05. The molecule has 0 spiro atoms. The summed E-state index contributed by atoms with van der Waals surface area (Å²) in [7, 11) is 0. The highest BCUT2D eigenvalue weighted by atomic mass is 16.5. The smallest absolute Gasteiger partial charge is 0.339 e. The molecule has 2 aromatic rings. The Hall–Kier alpha value is -2.40. The fourth-order valence-corrected chi connectivity index (χ4v) is 3.26. The van der Waals surface area contributed by atoms with Gasteiger partial charge in [0.25, 0.3) is 0 Å². The first kappa shape index (κ1) is 18.4. The summed E-state index contributed by atoms with van der Waals surface area (Å²) < 4.78 is 4.98. The molecule has 0 saturated carbocycles. The second kappa shape index (κ2) is 9.34. The molecule has 1 fully saturated rings. The average Bonchev–Trinajstić information content (AvgIpc) is 2.69. The highest BCUT2D eigenvalue weighted by Crippen LogP contribution is 2.17. The van der Waals surface area contributed by atoms with E-state index in [2.05, 4.69) is 39.5 Å². The molecule has 0 radical (unpaired) electrons. The number of likely N-dealkylation sites (tertiary alicyclic amines) is 1. The van der Waals surface area contributed by atoms with Gasteiger partial charge in [-0.2, -0.15) is 0 Å². The van der Waals surface area contributed by atoms with Gasteiger partial charge < -0.3 is 10.1 Å². The first-order valence-corrected chi connectivity index (χ1v) is 9.42. The number of esters is 1. The van der Waals surface area contributed by atoms with E-state index in [0.717, 1.165) is 18.9 Å². The number of carbonyl (C=O) groups is 1. The Labute approximate surface area is 155 Å². The second-order valence-corrected chi connectivity index (χ2v) is 6.61. The number of benzene rings is 1. The van der Waals surface area contributed by atoms with E-state index in [1.807, 2.05) is 6.07 Å². The third-order valence-corrected chi connectivity index (χ3v) is 4.70. The van der Waals surface area contributed by atoms with E-state index >= 15 is 0 Å². The number of hydrogen-bond acceptors (Lipinski definition) is 5. The van der Waals surface area contributed by atoms with Crippen LogP contribution < -0.4 is 5.32 Å². The fraction of sp³-hybridized carbons (Fsp3) is 0.429. The van der Waals surface area contributed by atoms with Crippen molar-refractivity contribution >= 4 is 11.8 Å². The lowest BCUT2D eigenvalue weighted by Gasteiger charge is -2.27. The number of piperidine rings is 1. The Morgan fingerprint density at radius 1 is 1.12 bits per heavy atom. The van der Waals surface area contributed by atoms with E-state index in [1.165, 1.54) is 43.5 Å². The van der Waals surface area contributed by atoms with E-state index in [0.29, 0.717) is 12.2 Å². The molecule has 1 aliphatic heterocycles. The number of carbonyl (C=O) groups excluding carboxylic acids is 1. The summed E-state index contributed by atoms with van der Waals surface area (Å²) in [6.07, 6.45) is 5.52.